The molecule has 8 nitrogen and oxygen atoms in total. The molecule has 2 heterocycles. The van der Waals surface area contributed by atoms with E-state index in [0.717, 1.165) is 5.56 Å². The van der Waals surface area contributed by atoms with E-state index in [9.17, 15) is 14.4 Å². The minimum Gasteiger partial charge on any atom is -0.465 e. The van der Waals surface area contributed by atoms with Gasteiger partial charge in [0.2, 0.25) is 0 Å². The molecule has 160 valence electrons. The third-order valence-electron chi connectivity index (χ3n) is 4.80. The number of nitrogens with zero attached hydrogens (tertiary/aromatic N) is 2. The van der Waals surface area contributed by atoms with Gasteiger partial charge in [0.1, 0.15) is 17.1 Å². The minimum absolute atomic E-state index is 0.141. The number of furan rings is 1. The molecule has 8 heteroatoms. The second-order valence-corrected chi connectivity index (χ2v) is 7.02. The Kier molecular flexibility index (Phi) is 6.49. The fraction of sp³-hybridized carbons (Fsp3) is 0.217. The molecule has 3 aromatic rings. The van der Waals surface area contributed by atoms with Crippen molar-refractivity contribution in [1.29, 1.82) is 0 Å². The Morgan fingerprint density at radius 2 is 1.81 bits per heavy atom. The van der Waals surface area contributed by atoms with Gasteiger partial charge in [0, 0.05) is 25.0 Å². The number of nitrogens with one attached hydrogen (secondary N) is 1. The Morgan fingerprint density at radius 1 is 1.10 bits per heavy atom. The molecule has 0 aliphatic heterocycles. The number of aromatic nitrogens is 1. The number of carbonyl (C=O) groups excluding carboxylic acids is 3. The number of hydrogen-bond acceptors (Lipinski definition) is 6. The summed E-state index contributed by atoms with van der Waals surface area (Å²) in [6.07, 6.45) is 3.06. The summed E-state index contributed by atoms with van der Waals surface area (Å²) in [4.78, 5) is 42.9. The molecular weight excluding hydrogens is 398 g/mol. The first-order valence-electron chi connectivity index (χ1n) is 9.56. The van der Waals surface area contributed by atoms with Crippen LogP contribution in [0.2, 0.25) is 0 Å². The van der Waals surface area contributed by atoms with E-state index >= 15 is 0 Å². The molecule has 3 rings (SSSR count). The molecule has 0 atom stereocenters. The molecule has 0 radical (unpaired) electrons. The van der Waals surface area contributed by atoms with Crippen molar-refractivity contribution < 1.29 is 23.5 Å². The Balaban J connectivity index is 1.82. The summed E-state index contributed by atoms with van der Waals surface area (Å²) < 4.78 is 10.3. The first kappa shape index (κ1) is 21.8. The van der Waals surface area contributed by atoms with Gasteiger partial charge >= 0.3 is 5.97 Å². The van der Waals surface area contributed by atoms with Crippen LogP contribution in [0.4, 0.5) is 5.69 Å². The predicted octanol–water partition coefficient (Wildman–Crippen LogP) is 3.60. The number of benzene rings is 1. The van der Waals surface area contributed by atoms with Crippen molar-refractivity contribution in [3.05, 3.63) is 82.6 Å². The first-order chi connectivity index (χ1) is 14.8. The zero-order valence-electron chi connectivity index (χ0n) is 17.8. The maximum atomic E-state index is 13.2. The molecule has 2 amide bonds. The molecule has 1 aromatic carbocycles. The lowest BCUT2D eigenvalue weighted by Crippen LogP contribution is -2.27. The number of hydrogen-bond donors (Lipinski definition) is 1. The van der Waals surface area contributed by atoms with Gasteiger partial charge in [-0.05, 0) is 43.7 Å². The number of carbonyl (C=O) groups is 3. The standard InChI is InChI=1S/C23H23N3O5/c1-14-6-5-7-18(20(14)25-21(27)16-8-10-24-11-9-16)22(28)26(3)13-17-12-19(15(2)31-17)23(29)30-4/h5-12H,13H2,1-4H3,(H,25,27). The summed E-state index contributed by atoms with van der Waals surface area (Å²) >= 11 is 0. The molecular formula is C23H23N3O5. The van der Waals surface area contributed by atoms with Crippen LogP contribution in [-0.2, 0) is 11.3 Å². The molecule has 2 aromatic heterocycles. The van der Waals surface area contributed by atoms with E-state index in [0.29, 0.717) is 33.9 Å². The SMILES string of the molecule is COC(=O)c1cc(CN(C)C(=O)c2cccc(C)c2NC(=O)c2ccncc2)oc1C. The van der Waals surface area contributed by atoms with E-state index in [4.69, 9.17) is 9.15 Å². The molecule has 0 saturated carbocycles. The lowest BCUT2D eigenvalue weighted by Gasteiger charge is -2.19. The van der Waals surface area contributed by atoms with Gasteiger partial charge in [0.15, 0.2) is 0 Å². The molecule has 1 N–H and O–H groups in total. The zero-order chi connectivity index (χ0) is 22.5. The highest BCUT2D eigenvalue weighted by Crippen LogP contribution is 2.24. The quantitative estimate of drug-likeness (QED) is 0.610. The Labute approximate surface area is 179 Å². The smallest absolute Gasteiger partial charge is 0.341 e. The lowest BCUT2D eigenvalue weighted by molar-refractivity contribution is 0.0598. The average Bonchev–Trinajstić information content (AvgIpc) is 3.14. The number of ether oxygens (including phenoxy) is 1. The number of pyridine rings is 1. The van der Waals surface area contributed by atoms with Gasteiger partial charge in [-0.25, -0.2) is 4.79 Å². The maximum Gasteiger partial charge on any atom is 0.341 e. The van der Waals surface area contributed by atoms with Crippen LogP contribution in [0.5, 0.6) is 0 Å². The molecule has 0 fully saturated rings. The number of aryl methyl sites for hydroxylation is 2. The topological polar surface area (TPSA) is 102 Å². The van der Waals surface area contributed by atoms with Crippen LogP contribution in [-0.4, -0.2) is 41.8 Å². The van der Waals surface area contributed by atoms with Crippen LogP contribution in [0.1, 0.15) is 48.2 Å². The predicted molar refractivity (Wildman–Crippen MR) is 114 cm³/mol. The van der Waals surface area contributed by atoms with E-state index in [2.05, 4.69) is 10.3 Å². The van der Waals surface area contributed by atoms with Gasteiger partial charge in [-0.1, -0.05) is 12.1 Å². The lowest BCUT2D eigenvalue weighted by atomic mass is 10.1. The Bertz CT molecular complexity index is 1120. The van der Waals surface area contributed by atoms with Gasteiger partial charge in [-0.15, -0.1) is 0 Å². The van der Waals surface area contributed by atoms with Crippen LogP contribution in [0.25, 0.3) is 0 Å². The highest BCUT2D eigenvalue weighted by Gasteiger charge is 2.22. The molecule has 0 spiro atoms. The Morgan fingerprint density at radius 3 is 2.48 bits per heavy atom. The molecule has 0 aliphatic carbocycles. The van der Waals surface area contributed by atoms with Crippen LogP contribution in [0, 0.1) is 13.8 Å². The van der Waals surface area contributed by atoms with Crippen LogP contribution >= 0.6 is 0 Å². The summed E-state index contributed by atoms with van der Waals surface area (Å²) in [5.41, 5.74) is 2.29. The van der Waals surface area contributed by atoms with E-state index in [1.165, 1.54) is 24.4 Å². The largest absolute Gasteiger partial charge is 0.465 e. The second kappa shape index (κ2) is 9.25. The monoisotopic (exact) mass is 421 g/mol. The summed E-state index contributed by atoms with van der Waals surface area (Å²) in [5.74, 6) is -0.270. The first-order valence-corrected chi connectivity index (χ1v) is 9.56. The van der Waals surface area contributed by atoms with Gasteiger partial charge in [0.25, 0.3) is 11.8 Å². The number of methoxy groups -OCH3 is 1. The molecule has 31 heavy (non-hydrogen) atoms. The molecule has 0 saturated heterocycles. The summed E-state index contributed by atoms with van der Waals surface area (Å²) in [5, 5.41) is 2.83. The van der Waals surface area contributed by atoms with Gasteiger partial charge in [-0.2, -0.15) is 0 Å². The molecule has 0 bridgehead atoms. The van der Waals surface area contributed by atoms with Gasteiger partial charge in [-0.3, -0.25) is 14.6 Å². The van der Waals surface area contributed by atoms with Crippen molar-refractivity contribution in [3.8, 4) is 0 Å². The summed E-state index contributed by atoms with van der Waals surface area (Å²) in [6, 6.07) is 9.98. The fourth-order valence-electron chi connectivity index (χ4n) is 3.15. The van der Waals surface area contributed by atoms with E-state index < -0.39 is 5.97 Å². The summed E-state index contributed by atoms with van der Waals surface area (Å²) in [6.45, 7) is 3.62. The van der Waals surface area contributed by atoms with Crippen molar-refractivity contribution in [1.82, 2.24) is 9.88 Å². The normalized spacial score (nSPS) is 10.5. The van der Waals surface area contributed by atoms with Crippen molar-refractivity contribution in [2.24, 2.45) is 0 Å². The number of para-hydroxylation sites is 1. The highest BCUT2D eigenvalue weighted by atomic mass is 16.5. The van der Waals surface area contributed by atoms with Gasteiger partial charge < -0.3 is 19.4 Å². The van der Waals surface area contributed by atoms with E-state index in [1.807, 2.05) is 13.0 Å². The Hall–Kier alpha value is -3.94. The highest BCUT2D eigenvalue weighted by molar-refractivity contribution is 6.09. The average molecular weight is 421 g/mol. The number of anilines is 1. The zero-order valence-corrected chi connectivity index (χ0v) is 17.8. The van der Waals surface area contributed by atoms with Crippen LogP contribution in [0.15, 0.2) is 53.2 Å². The third-order valence-corrected chi connectivity index (χ3v) is 4.80. The van der Waals surface area contributed by atoms with Gasteiger partial charge in [0.05, 0.1) is 24.9 Å². The minimum atomic E-state index is -0.499. The van der Waals surface area contributed by atoms with Crippen molar-refractivity contribution in [2.75, 3.05) is 19.5 Å². The second-order valence-electron chi connectivity index (χ2n) is 7.02. The molecule has 0 aliphatic rings. The summed E-state index contributed by atoms with van der Waals surface area (Å²) in [7, 11) is 2.92. The van der Waals surface area contributed by atoms with E-state index in [1.54, 1.807) is 44.3 Å². The number of esters is 1. The fourth-order valence-corrected chi connectivity index (χ4v) is 3.15. The van der Waals surface area contributed by atoms with Crippen molar-refractivity contribution >= 4 is 23.5 Å². The van der Waals surface area contributed by atoms with E-state index in [-0.39, 0.29) is 18.4 Å². The van der Waals surface area contributed by atoms with Crippen molar-refractivity contribution in [2.45, 2.75) is 20.4 Å². The van der Waals surface area contributed by atoms with Crippen molar-refractivity contribution in [3.63, 3.8) is 0 Å². The molecule has 0 unspecified atom stereocenters. The maximum absolute atomic E-state index is 13.2. The third kappa shape index (κ3) is 4.80. The number of amides is 2. The number of rotatable bonds is 6. The van der Waals surface area contributed by atoms with Crippen LogP contribution < -0.4 is 5.32 Å². The van der Waals surface area contributed by atoms with Crippen LogP contribution in [0.3, 0.4) is 0 Å².